The lowest BCUT2D eigenvalue weighted by Gasteiger charge is -1.98. The molecule has 14 heavy (non-hydrogen) atoms. The third-order valence-electron chi connectivity index (χ3n) is 1.84. The Hall–Kier alpha value is -1.62. The predicted octanol–water partition coefficient (Wildman–Crippen LogP) is 2.00. The number of fused-ring (bicyclic) bond motifs is 1. The molecule has 2 aromatic heterocycles. The van der Waals surface area contributed by atoms with Gasteiger partial charge in [-0.1, -0.05) is 0 Å². The Balaban J connectivity index is 2.70. The maximum atomic E-state index is 10.7. The van der Waals surface area contributed by atoms with Gasteiger partial charge in [0, 0.05) is 11.6 Å². The highest BCUT2D eigenvalue weighted by Gasteiger charge is 2.11. The van der Waals surface area contributed by atoms with E-state index in [-0.39, 0.29) is 0 Å². The number of thiophene rings is 1. The van der Waals surface area contributed by atoms with E-state index in [1.807, 2.05) is 0 Å². The maximum absolute atomic E-state index is 10.7. The summed E-state index contributed by atoms with van der Waals surface area (Å²) in [7, 11) is 1.54. The van der Waals surface area contributed by atoms with Crippen LogP contribution in [0.5, 0.6) is 5.75 Å². The zero-order valence-corrected chi connectivity index (χ0v) is 8.17. The molecule has 0 bridgehead atoms. The normalized spacial score (nSPS) is 10.4. The van der Waals surface area contributed by atoms with Gasteiger partial charge in [0.25, 0.3) is 0 Å². The van der Waals surface area contributed by atoms with E-state index in [0.717, 1.165) is 10.1 Å². The van der Waals surface area contributed by atoms with Gasteiger partial charge in [0.05, 0.1) is 18.0 Å². The topological polar surface area (TPSA) is 59.4 Å². The molecule has 0 unspecified atom stereocenters. The minimum Gasteiger partial charge on any atom is -0.494 e. The van der Waals surface area contributed by atoms with Crippen LogP contribution in [0.2, 0.25) is 0 Å². The number of hydrogen-bond acceptors (Lipinski definition) is 4. The van der Waals surface area contributed by atoms with Gasteiger partial charge in [-0.05, 0) is 6.07 Å². The molecule has 0 fully saturated rings. The molecule has 0 saturated heterocycles. The van der Waals surface area contributed by atoms with Crippen LogP contribution in [0.4, 0.5) is 0 Å². The van der Waals surface area contributed by atoms with Crippen LogP contribution < -0.4 is 4.74 Å². The fourth-order valence-electron chi connectivity index (χ4n) is 1.20. The van der Waals surface area contributed by atoms with E-state index < -0.39 is 5.97 Å². The quantitative estimate of drug-likeness (QED) is 0.821. The molecule has 0 aliphatic rings. The van der Waals surface area contributed by atoms with Gasteiger partial charge in [0.15, 0.2) is 0 Å². The minimum absolute atomic E-state index is 0.298. The molecule has 1 N–H and O–H groups in total. The lowest BCUT2D eigenvalue weighted by molar-refractivity contribution is 0.0702. The van der Waals surface area contributed by atoms with Crippen molar-refractivity contribution in [3.05, 3.63) is 23.3 Å². The SMILES string of the molecule is COc1cncc2sc(C(=O)O)cc12. The molecule has 0 aliphatic carbocycles. The molecule has 0 aliphatic heterocycles. The van der Waals surface area contributed by atoms with Gasteiger partial charge in [0.2, 0.25) is 0 Å². The first-order valence-corrected chi connectivity index (χ1v) is 4.69. The Bertz CT molecular complexity index is 492. The second-order valence-corrected chi connectivity index (χ2v) is 3.75. The van der Waals surface area contributed by atoms with Gasteiger partial charge in [-0.25, -0.2) is 4.79 Å². The van der Waals surface area contributed by atoms with Crippen LogP contribution in [0.15, 0.2) is 18.5 Å². The number of rotatable bonds is 2. The number of carboxylic acid groups (broad SMARTS) is 1. The Morgan fingerprint density at radius 2 is 2.36 bits per heavy atom. The fraction of sp³-hybridized carbons (Fsp3) is 0.111. The van der Waals surface area contributed by atoms with Crippen LogP contribution in [0.3, 0.4) is 0 Å². The second kappa shape index (κ2) is 3.26. The number of carbonyl (C=O) groups is 1. The third kappa shape index (κ3) is 1.31. The summed E-state index contributed by atoms with van der Waals surface area (Å²) < 4.78 is 5.89. The van der Waals surface area contributed by atoms with Gasteiger partial charge in [0.1, 0.15) is 10.6 Å². The van der Waals surface area contributed by atoms with Gasteiger partial charge >= 0.3 is 5.97 Å². The lowest BCUT2D eigenvalue weighted by atomic mass is 10.3. The number of aromatic carboxylic acids is 1. The zero-order valence-electron chi connectivity index (χ0n) is 7.35. The number of ether oxygens (including phenoxy) is 1. The van der Waals surface area contributed by atoms with E-state index in [9.17, 15) is 4.79 Å². The molecule has 2 rings (SSSR count). The molecule has 0 saturated carbocycles. The van der Waals surface area contributed by atoms with Crippen molar-refractivity contribution >= 4 is 27.4 Å². The van der Waals surface area contributed by atoms with Crippen LogP contribution in [-0.2, 0) is 0 Å². The Morgan fingerprint density at radius 3 is 3.00 bits per heavy atom. The predicted molar refractivity (Wildman–Crippen MR) is 53.1 cm³/mol. The Morgan fingerprint density at radius 1 is 1.57 bits per heavy atom. The van der Waals surface area contributed by atoms with Crippen molar-refractivity contribution in [2.45, 2.75) is 0 Å². The molecule has 0 aromatic carbocycles. The summed E-state index contributed by atoms with van der Waals surface area (Å²) >= 11 is 1.19. The molecule has 72 valence electrons. The first kappa shape index (κ1) is 8.96. The zero-order chi connectivity index (χ0) is 10.1. The molecule has 0 atom stereocenters. The van der Waals surface area contributed by atoms with E-state index in [2.05, 4.69) is 4.98 Å². The molecule has 0 spiro atoms. The standard InChI is InChI=1S/C9H7NO3S/c1-13-6-3-10-4-8-5(6)2-7(14-8)9(11)12/h2-4H,1H3,(H,11,12). The molecule has 4 nitrogen and oxygen atoms in total. The van der Waals surface area contributed by atoms with Gasteiger partial charge in [-0.3, -0.25) is 4.98 Å². The van der Waals surface area contributed by atoms with Gasteiger partial charge in [-0.2, -0.15) is 0 Å². The van der Waals surface area contributed by atoms with Crippen molar-refractivity contribution in [2.24, 2.45) is 0 Å². The van der Waals surface area contributed by atoms with Crippen LogP contribution in [-0.4, -0.2) is 23.2 Å². The Kier molecular flexibility index (Phi) is 2.09. The van der Waals surface area contributed by atoms with Crippen molar-refractivity contribution in [2.75, 3.05) is 7.11 Å². The summed E-state index contributed by atoms with van der Waals surface area (Å²) in [6.45, 7) is 0. The monoisotopic (exact) mass is 209 g/mol. The molecule has 0 amide bonds. The largest absolute Gasteiger partial charge is 0.494 e. The maximum Gasteiger partial charge on any atom is 0.345 e. The highest BCUT2D eigenvalue weighted by Crippen LogP contribution is 2.31. The minimum atomic E-state index is -0.923. The summed E-state index contributed by atoms with van der Waals surface area (Å²) in [5, 5.41) is 9.59. The third-order valence-corrected chi connectivity index (χ3v) is 2.90. The van der Waals surface area contributed by atoms with E-state index >= 15 is 0 Å². The summed E-state index contributed by atoms with van der Waals surface area (Å²) in [6, 6.07) is 1.60. The summed E-state index contributed by atoms with van der Waals surface area (Å²) in [4.78, 5) is 15.0. The molecule has 0 radical (unpaired) electrons. The smallest absolute Gasteiger partial charge is 0.345 e. The second-order valence-electron chi connectivity index (χ2n) is 2.67. The van der Waals surface area contributed by atoms with E-state index in [1.54, 1.807) is 18.5 Å². The van der Waals surface area contributed by atoms with E-state index in [0.29, 0.717) is 10.6 Å². The molecule has 2 heterocycles. The van der Waals surface area contributed by atoms with Gasteiger partial charge in [-0.15, -0.1) is 11.3 Å². The lowest BCUT2D eigenvalue weighted by Crippen LogP contribution is -1.89. The Labute approximate surface area is 83.8 Å². The highest BCUT2D eigenvalue weighted by atomic mass is 32.1. The van der Waals surface area contributed by atoms with Crippen molar-refractivity contribution in [3.63, 3.8) is 0 Å². The van der Waals surface area contributed by atoms with Crippen molar-refractivity contribution in [3.8, 4) is 5.75 Å². The first-order chi connectivity index (χ1) is 6.72. The van der Waals surface area contributed by atoms with Crippen molar-refractivity contribution in [1.29, 1.82) is 0 Å². The van der Waals surface area contributed by atoms with E-state index in [4.69, 9.17) is 9.84 Å². The molecule has 2 aromatic rings. The van der Waals surface area contributed by atoms with E-state index in [1.165, 1.54) is 18.4 Å². The summed E-state index contributed by atoms with van der Waals surface area (Å²) in [6.07, 6.45) is 3.20. The molecular weight excluding hydrogens is 202 g/mol. The average molecular weight is 209 g/mol. The number of aromatic nitrogens is 1. The van der Waals surface area contributed by atoms with Crippen LogP contribution in [0.1, 0.15) is 9.67 Å². The highest BCUT2D eigenvalue weighted by molar-refractivity contribution is 7.20. The summed E-state index contributed by atoms with van der Waals surface area (Å²) in [5.41, 5.74) is 0. The number of methoxy groups -OCH3 is 1. The van der Waals surface area contributed by atoms with Gasteiger partial charge < -0.3 is 9.84 Å². The van der Waals surface area contributed by atoms with Crippen molar-refractivity contribution in [1.82, 2.24) is 4.98 Å². The van der Waals surface area contributed by atoms with Crippen LogP contribution >= 0.6 is 11.3 Å². The average Bonchev–Trinajstić information content (AvgIpc) is 2.60. The van der Waals surface area contributed by atoms with Crippen LogP contribution in [0.25, 0.3) is 10.1 Å². The molecular formula is C9H7NO3S. The number of pyridine rings is 1. The molecule has 5 heteroatoms. The number of carboxylic acids is 1. The number of nitrogens with zero attached hydrogens (tertiary/aromatic N) is 1. The summed E-state index contributed by atoms with van der Waals surface area (Å²) in [5.74, 6) is -0.320. The fourth-order valence-corrected chi connectivity index (χ4v) is 2.09. The first-order valence-electron chi connectivity index (χ1n) is 3.87. The number of hydrogen-bond donors (Lipinski definition) is 1. The van der Waals surface area contributed by atoms with Crippen LogP contribution in [0, 0.1) is 0 Å². The van der Waals surface area contributed by atoms with Crippen molar-refractivity contribution < 1.29 is 14.6 Å².